The lowest BCUT2D eigenvalue weighted by atomic mass is 10.5. The molecule has 2 heterocycles. The molecule has 11 heteroatoms. The van der Waals surface area contributed by atoms with Crippen molar-refractivity contribution in [1.82, 2.24) is 13.9 Å². The maximum absolute atomic E-state index is 12.7. The van der Waals surface area contributed by atoms with Crippen molar-refractivity contribution < 1.29 is 26.3 Å². The van der Waals surface area contributed by atoms with Gasteiger partial charge in [-0.15, -0.1) is 0 Å². The Hall–Kier alpha value is -0.840. The van der Waals surface area contributed by atoms with Crippen LogP contribution in [0.1, 0.15) is 0 Å². The summed E-state index contributed by atoms with van der Waals surface area (Å²) in [6, 6.07) is 0. The van der Waals surface area contributed by atoms with Crippen LogP contribution in [0.3, 0.4) is 0 Å². The Morgan fingerprint density at radius 2 is 2.16 bits per heavy atom. The van der Waals surface area contributed by atoms with Crippen LogP contribution < -0.4 is 0 Å². The van der Waals surface area contributed by atoms with E-state index in [-0.39, 0.29) is 16.1 Å². The number of nitrogens with zero attached hydrogens (tertiary/aromatic N) is 3. The van der Waals surface area contributed by atoms with Gasteiger partial charge in [0.2, 0.25) is 11.3 Å². The Kier molecular flexibility index (Phi) is 3.54. The quantitative estimate of drug-likeness (QED) is 0.815. The molecule has 1 atom stereocenters. The highest BCUT2D eigenvalue weighted by molar-refractivity contribution is 7.89. The van der Waals surface area contributed by atoms with Gasteiger partial charge in [-0.2, -0.15) is 17.5 Å². The van der Waals surface area contributed by atoms with Crippen molar-refractivity contribution in [2.24, 2.45) is 7.05 Å². The molecule has 0 radical (unpaired) electrons. The van der Waals surface area contributed by atoms with Gasteiger partial charge in [0.05, 0.1) is 12.9 Å². The van der Waals surface area contributed by atoms with Gasteiger partial charge in [-0.05, 0) is 0 Å². The van der Waals surface area contributed by atoms with E-state index in [0.29, 0.717) is 0 Å². The number of aromatic nitrogens is 2. The molecule has 0 aliphatic carbocycles. The predicted molar refractivity (Wildman–Crippen MR) is 57.9 cm³/mol. The summed E-state index contributed by atoms with van der Waals surface area (Å²) < 4.78 is 68.1. The monoisotopic (exact) mass is 319 g/mol. The number of imidazole rings is 1. The highest BCUT2D eigenvalue weighted by Gasteiger charge is 2.53. The van der Waals surface area contributed by atoms with Gasteiger partial charge >= 0.3 is 6.18 Å². The first-order chi connectivity index (χ1) is 8.65. The van der Waals surface area contributed by atoms with E-state index in [1.807, 2.05) is 0 Å². The van der Waals surface area contributed by atoms with Crippen LogP contribution in [-0.2, 0) is 21.8 Å². The van der Waals surface area contributed by atoms with Crippen LogP contribution in [0.4, 0.5) is 13.2 Å². The molecular weight excluding hydrogens is 311 g/mol. The number of alkyl halides is 3. The Morgan fingerprint density at radius 3 is 2.63 bits per heavy atom. The molecule has 0 bridgehead atoms. The molecule has 0 aromatic carbocycles. The second-order valence-corrected chi connectivity index (χ2v) is 6.00. The van der Waals surface area contributed by atoms with Crippen molar-refractivity contribution in [3.8, 4) is 0 Å². The van der Waals surface area contributed by atoms with Crippen LogP contribution in [0.2, 0.25) is 5.15 Å². The Morgan fingerprint density at radius 1 is 1.53 bits per heavy atom. The van der Waals surface area contributed by atoms with Crippen LogP contribution in [-0.4, -0.2) is 47.8 Å². The minimum Gasteiger partial charge on any atom is -0.352 e. The van der Waals surface area contributed by atoms with E-state index >= 15 is 0 Å². The number of sulfonamides is 1. The molecule has 0 spiro atoms. The number of rotatable bonds is 2. The number of hydrogen-bond acceptors (Lipinski definition) is 4. The Balaban J connectivity index is 2.43. The third-order valence-corrected chi connectivity index (χ3v) is 4.85. The van der Waals surface area contributed by atoms with Crippen LogP contribution in [0.15, 0.2) is 11.4 Å². The highest BCUT2D eigenvalue weighted by Crippen LogP contribution is 2.34. The molecular formula is C8H9ClF3N3O3S. The lowest BCUT2D eigenvalue weighted by Gasteiger charge is -2.23. The van der Waals surface area contributed by atoms with Gasteiger partial charge in [0.25, 0.3) is 10.0 Å². The van der Waals surface area contributed by atoms with Crippen LogP contribution >= 0.6 is 11.6 Å². The van der Waals surface area contributed by atoms with Crippen LogP contribution in [0.5, 0.6) is 0 Å². The van der Waals surface area contributed by atoms with Gasteiger partial charge in [-0.25, -0.2) is 13.4 Å². The highest BCUT2D eigenvalue weighted by atomic mass is 35.5. The van der Waals surface area contributed by atoms with E-state index in [9.17, 15) is 21.6 Å². The third kappa shape index (κ3) is 2.45. The SMILES string of the molecule is Cn1cnc(S(=O)(=O)N2CCOC2C(F)(F)F)c1Cl. The molecule has 1 aromatic heterocycles. The summed E-state index contributed by atoms with van der Waals surface area (Å²) in [5.74, 6) is 0. The standard InChI is InChI=1S/C8H9ClF3N3O3S/c1-14-4-13-6(5(14)9)19(16,17)15-2-3-18-7(15)8(10,11)12/h4,7H,2-3H2,1H3. The first-order valence-electron chi connectivity index (χ1n) is 5.02. The number of ether oxygens (including phenoxy) is 1. The zero-order chi connectivity index (χ0) is 14.4. The summed E-state index contributed by atoms with van der Waals surface area (Å²) in [7, 11) is -3.03. The van der Waals surface area contributed by atoms with E-state index < -0.39 is 34.0 Å². The normalized spacial score (nSPS) is 22.1. The average Bonchev–Trinajstić information content (AvgIpc) is 2.86. The van der Waals surface area contributed by atoms with Gasteiger partial charge in [0.1, 0.15) is 5.15 Å². The molecule has 1 fully saturated rings. The molecule has 0 N–H and O–H groups in total. The molecule has 19 heavy (non-hydrogen) atoms. The van der Waals surface area contributed by atoms with Gasteiger partial charge in [-0.1, -0.05) is 11.6 Å². The average molecular weight is 320 g/mol. The topological polar surface area (TPSA) is 64.4 Å². The van der Waals surface area contributed by atoms with E-state index in [1.54, 1.807) is 0 Å². The first kappa shape index (κ1) is 14.6. The Labute approximate surface area is 111 Å². The molecule has 1 aromatic rings. The van der Waals surface area contributed by atoms with E-state index in [1.165, 1.54) is 11.6 Å². The smallest absolute Gasteiger partial charge is 0.352 e. The molecule has 0 amide bonds. The number of halogens is 4. The van der Waals surface area contributed by atoms with Crippen LogP contribution in [0.25, 0.3) is 0 Å². The molecule has 108 valence electrons. The zero-order valence-corrected chi connectivity index (χ0v) is 11.1. The van der Waals surface area contributed by atoms with Gasteiger partial charge in [0, 0.05) is 13.6 Å². The maximum Gasteiger partial charge on any atom is 0.429 e. The predicted octanol–water partition coefficient (Wildman–Crippen LogP) is 0.983. The molecule has 1 aliphatic heterocycles. The molecule has 1 aliphatic rings. The Bertz CT molecular complexity index is 586. The van der Waals surface area contributed by atoms with Crippen molar-refractivity contribution in [3.05, 3.63) is 11.5 Å². The summed E-state index contributed by atoms with van der Waals surface area (Å²) in [5.41, 5.74) is 0. The van der Waals surface area contributed by atoms with Gasteiger partial charge in [-0.3, -0.25) is 0 Å². The summed E-state index contributed by atoms with van der Waals surface area (Å²) in [5, 5.41) is -0.871. The second kappa shape index (κ2) is 4.62. The van der Waals surface area contributed by atoms with Crippen molar-refractivity contribution in [2.45, 2.75) is 17.4 Å². The fourth-order valence-electron chi connectivity index (χ4n) is 1.64. The number of hydrogen-bond donors (Lipinski definition) is 0. The summed E-state index contributed by atoms with van der Waals surface area (Å²) in [6.07, 6.45) is -6.21. The fraction of sp³-hybridized carbons (Fsp3) is 0.625. The summed E-state index contributed by atoms with van der Waals surface area (Å²) in [6.45, 7) is -0.743. The van der Waals surface area contributed by atoms with Gasteiger partial charge in [0.15, 0.2) is 0 Å². The fourth-order valence-corrected chi connectivity index (χ4v) is 3.53. The van der Waals surface area contributed by atoms with Gasteiger partial charge < -0.3 is 9.30 Å². The molecule has 1 unspecified atom stereocenters. The summed E-state index contributed by atoms with van der Waals surface area (Å²) in [4.78, 5) is 3.53. The zero-order valence-electron chi connectivity index (χ0n) is 9.56. The third-order valence-electron chi connectivity index (χ3n) is 2.52. The molecule has 0 saturated carbocycles. The van der Waals surface area contributed by atoms with Crippen molar-refractivity contribution in [2.75, 3.05) is 13.2 Å². The first-order valence-corrected chi connectivity index (χ1v) is 6.84. The van der Waals surface area contributed by atoms with Crippen LogP contribution in [0, 0.1) is 0 Å². The second-order valence-electron chi connectivity index (χ2n) is 3.83. The van der Waals surface area contributed by atoms with Crippen molar-refractivity contribution in [1.29, 1.82) is 0 Å². The van der Waals surface area contributed by atoms with E-state index in [2.05, 4.69) is 9.72 Å². The van der Waals surface area contributed by atoms with E-state index in [4.69, 9.17) is 11.6 Å². The largest absolute Gasteiger partial charge is 0.429 e. The maximum atomic E-state index is 12.7. The van der Waals surface area contributed by atoms with E-state index in [0.717, 1.165) is 6.33 Å². The molecule has 2 rings (SSSR count). The van der Waals surface area contributed by atoms with Crippen molar-refractivity contribution >= 4 is 21.6 Å². The van der Waals surface area contributed by atoms with Crippen molar-refractivity contribution in [3.63, 3.8) is 0 Å². The lowest BCUT2D eigenvalue weighted by molar-refractivity contribution is -0.228. The summed E-state index contributed by atoms with van der Waals surface area (Å²) >= 11 is 5.71. The minimum absolute atomic E-state index is 0.210. The molecule has 1 saturated heterocycles. The lowest BCUT2D eigenvalue weighted by Crippen LogP contribution is -2.45. The number of aryl methyl sites for hydroxylation is 1. The minimum atomic E-state index is -4.81. The molecule has 6 nitrogen and oxygen atoms in total.